The van der Waals surface area contributed by atoms with Gasteiger partial charge in [0.05, 0.1) is 23.6 Å². The van der Waals surface area contributed by atoms with Gasteiger partial charge < -0.3 is 21.4 Å². The smallest absolute Gasteiger partial charge is 0.153 e. The Bertz CT molecular complexity index is 918. The second kappa shape index (κ2) is 4.96. The van der Waals surface area contributed by atoms with Crippen molar-refractivity contribution >= 4 is 23.1 Å². The Hall–Kier alpha value is -3.13. The Morgan fingerprint density at radius 1 is 1.26 bits per heavy atom. The quantitative estimate of drug-likeness (QED) is 0.499. The maximum Gasteiger partial charge on any atom is 0.153 e. The van der Waals surface area contributed by atoms with Gasteiger partial charge in [-0.05, 0) is 24.6 Å². The van der Waals surface area contributed by atoms with E-state index in [1.54, 1.807) is 18.7 Å². The molecule has 0 radical (unpaired) electrons. The van der Waals surface area contributed by atoms with Gasteiger partial charge in [0.1, 0.15) is 5.82 Å². The molecule has 0 spiro atoms. The molecule has 0 bridgehead atoms. The average molecular weight is 308 g/mol. The van der Waals surface area contributed by atoms with Crippen molar-refractivity contribution < 1.29 is 0 Å². The van der Waals surface area contributed by atoms with E-state index in [1.165, 1.54) is 0 Å². The Kier molecular flexibility index (Phi) is 2.91. The molecule has 3 heterocycles. The largest absolute Gasteiger partial charge is 0.345 e. The predicted octanol–water partition coefficient (Wildman–Crippen LogP) is 1.29. The van der Waals surface area contributed by atoms with Crippen molar-refractivity contribution in [2.45, 2.75) is 12.6 Å². The predicted molar refractivity (Wildman–Crippen MR) is 88.6 cm³/mol. The number of aromatic amines is 2. The second-order valence-electron chi connectivity index (χ2n) is 5.51. The number of nitrogens with zero attached hydrogens (tertiary/aromatic N) is 3. The maximum absolute atomic E-state index is 6.49. The molecule has 2 aromatic heterocycles. The van der Waals surface area contributed by atoms with E-state index in [1.807, 2.05) is 31.2 Å². The zero-order chi connectivity index (χ0) is 15.9. The van der Waals surface area contributed by atoms with Crippen molar-refractivity contribution in [3.8, 4) is 0 Å². The molecule has 1 atom stereocenters. The van der Waals surface area contributed by atoms with Crippen molar-refractivity contribution in [1.29, 1.82) is 0 Å². The third-order valence-electron chi connectivity index (χ3n) is 3.69. The fraction of sp³-hybridized carbons (Fsp3) is 0.133. The minimum atomic E-state index is -0.915. The maximum atomic E-state index is 6.49. The number of imidazole rings is 1. The molecule has 23 heavy (non-hydrogen) atoms. The third kappa shape index (κ3) is 2.44. The van der Waals surface area contributed by atoms with Crippen LogP contribution in [0.1, 0.15) is 11.3 Å². The van der Waals surface area contributed by atoms with E-state index in [0.717, 1.165) is 22.3 Å². The van der Waals surface area contributed by atoms with Gasteiger partial charge in [0.25, 0.3) is 0 Å². The van der Waals surface area contributed by atoms with Crippen LogP contribution in [-0.4, -0.2) is 26.4 Å². The number of nitrogens with two attached hydrogens (primary N) is 1. The zero-order valence-corrected chi connectivity index (χ0v) is 12.5. The van der Waals surface area contributed by atoms with Crippen LogP contribution in [0.5, 0.6) is 0 Å². The molecular weight excluding hydrogens is 292 g/mol. The number of aryl methyl sites for hydroxylation is 1. The Morgan fingerprint density at radius 2 is 2.17 bits per heavy atom. The number of aliphatic imine (C=N–C) groups is 1. The first kappa shape index (κ1) is 13.5. The number of aromatic nitrogens is 4. The molecule has 0 saturated carbocycles. The lowest BCUT2D eigenvalue weighted by Gasteiger charge is -2.31. The third-order valence-corrected chi connectivity index (χ3v) is 3.69. The molecule has 1 aliphatic heterocycles. The standard InChI is InChI=1S/C15H16N8/c1-9-4-13(23-22-9)20-14-6-17-7-15(16,21-14)10-2-3-11-12(5-10)19-8-18-11/h2-8,21H,16H2,1H3,(H,18,19)(H2,20,22,23). The van der Waals surface area contributed by atoms with Crippen molar-refractivity contribution in [1.82, 2.24) is 25.5 Å². The molecule has 0 amide bonds. The lowest BCUT2D eigenvalue weighted by molar-refractivity contribution is 0.522. The molecule has 0 saturated heterocycles. The van der Waals surface area contributed by atoms with Crippen LogP contribution >= 0.6 is 0 Å². The highest BCUT2D eigenvalue weighted by atomic mass is 15.3. The highest BCUT2D eigenvalue weighted by Gasteiger charge is 2.28. The molecule has 8 heteroatoms. The van der Waals surface area contributed by atoms with E-state index >= 15 is 0 Å². The first-order valence-corrected chi connectivity index (χ1v) is 7.17. The van der Waals surface area contributed by atoms with E-state index in [9.17, 15) is 0 Å². The molecule has 6 N–H and O–H groups in total. The normalized spacial score (nSPS) is 20.3. The number of rotatable bonds is 3. The first-order chi connectivity index (χ1) is 11.1. The van der Waals surface area contributed by atoms with E-state index < -0.39 is 5.66 Å². The van der Waals surface area contributed by atoms with Crippen molar-refractivity contribution in [2.75, 3.05) is 5.32 Å². The Morgan fingerprint density at radius 3 is 3.00 bits per heavy atom. The topological polar surface area (TPSA) is 120 Å². The van der Waals surface area contributed by atoms with Gasteiger partial charge in [-0.3, -0.25) is 10.1 Å². The summed E-state index contributed by atoms with van der Waals surface area (Å²) in [4.78, 5) is 11.6. The molecular formula is C15H16N8. The zero-order valence-electron chi connectivity index (χ0n) is 12.5. The van der Waals surface area contributed by atoms with Crippen LogP contribution < -0.4 is 16.4 Å². The number of benzene rings is 1. The lowest BCUT2D eigenvalue weighted by Crippen LogP contribution is -2.53. The molecule has 8 nitrogen and oxygen atoms in total. The summed E-state index contributed by atoms with van der Waals surface area (Å²) in [5.41, 5.74) is 9.24. The molecule has 1 aromatic carbocycles. The summed E-state index contributed by atoms with van der Waals surface area (Å²) in [5, 5.41) is 13.4. The van der Waals surface area contributed by atoms with Crippen molar-refractivity contribution in [3.05, 3.63) is 53.9 Å². The highest BCUT2D eigenvalue weighted by molar-refractivity contribution is 5.80. The SMILES string of the molecule is Cc1cc(NC2=CN=CC(N)(c3ccc4nc[nH]c4c3)N2)n[nH]1. The molecule has 0 aliphatic carbocycles. The number of anilines is 1. The van der Waals surface area contributed by atoms with Gasteiger partial charge in [0.2, 0.25) is 0 Å². The number of nitrogens with one attached hydrogen (secondary N) is 4. The van der Waals surface area contributed by atoms with Crippen molar-refractivity contribution in [2.24, 2.45) is 10.7 Å². The summed E-state index contributed by atoms with van der Waals surface area (Å²) in [6, 6.07) is 7.72. The van der Waals surface area contributed by atoms with Gasteiger partial charge >= 0.3 is 0 Å². The second-order valence-corrected chi connectivity index (χ2v) is 5.51. The molecule has 3 aromatic rings. The fourth-order valence-electron chi connectivity index (χ4n) is 2.54. The summed E-state index contributed by atoms with van der Waals surface area (Å²) in [6.45, 7) is 1.94. The van der Waals surface area contributed by atoms with Gasteiger partial charge in [-0.1, -0.05) is 6.07 Å². The minimum absolute atomic E-state index is 0.672. The van der Waals surface area contributed by atoms with Gasteiger partial charge in [-0.25, -0.2) is 4.98 Å². The van der Waals surface area contributed by atoms with Crippen LogP contribution in [0.15, 0.2) is 47.6 Å². The van der Waals surface area contributed by atoms with Crippen LogP contribution in [0.3, 0.4) is 0 Å². The van der Waals surface area contributed by atoms with E-state index in [4.69, 9.17) is 5.73 Å². The van der Waals surface area contributed by atoms with Crippen molar-refractivity contribution in [3.63, 3.8) is 0 Å². The minimum Gasteiger partial charge on any atom is -0.345 e. The van der Waals surface area contributed by atoms with Crippen LogP contribution in [0, 0.1) is 6.92 Å². The van der Waals surface area contributed by atoms with Gasteiger partial charge in [-0.2, -0.15) is 5.10 Å². The summed E-state index contributed by atoms with van der Waals surface area (Å²) in [7, 11) is 0. The van der Waals surface area contributed by atoms with Gasteiger partial charge in [0.15, 0.2) is 11.5 Å². The highest BCUT2D eigenvalue weighted by Crippen LogP contribution is 2.22. The number of hydrogen-bond acceptors (Lipinski definition) is 6. The average Bonchev–Trinajstić information content (AvgIpc) is 3.15. The number of hydrogen-bond donors (Lipinski definition) is 5. The Balaban J connectivity index is 1.61. The molecule has 0 fully saturated rings. The summed E-state index contributed by atoms with van der Waals surface area (Å²) in [6.07, 6.45) is 5.00. The fourth-order valence-corrected chi connectivity index (χ4v) is 2.54. The van der Waals surface area contributed by atoms with E-state index in [0.29, 0.717) is 11.6 Å². The molecule has 4 rings (SSSR count). The lowest BCUT2D eigenvalue weighted by atomic mass is 10.00. The molecule has 1 unspecified atom stereocenters. The van der Waals surface area contributed by atoms with E-state index in [2.05, 4.69) is 35.8 Å². The summed E-state index contributed by atoms with van der Waals surface area (Å²) < 4.78 is 0. The number of H-pyrrole nitrogens is 2. The first-order valence-electron chi connectivity index (χ1n) is 7.17. The van der Waals surface area contributed by atoms with Gasteiger partial charge in [-0.15, -0.1) is 0 Å². The summed E-state index contributed by atoms with van der Waals surface area (Å²) >= 11 is 0. The van der Waals surface area contributed by atoms with Crippen LogP contribution in [0.4, 0.5) is 5.82 Å². The molecule has 116 valence electrons. The van der Waals surface area contributed by atoms with Crippen LogP contribution in [0.25, 0.3) is 11.0 Å². The number of fused-ring (bicyclic) bond motifs is 1. The van der Waals surface area contributed by atoms with Crippen LogP contribution in [-0.2, 0) is 5.66 Å². The van der Waals surface area contributed by atoms with Crippen LogP contribution in [0.2, 0.25) is 0 Å². The van der Waals surface area contributed by atoms with E-state index in [-0.39, 0.29) is 0 Å². The molecule has 1 aliphatic rings. The Labute approximate surface area is 131 Å². The monoisotopic (exact) mass is 308 g/mol. The summed E-state index contributed by atoms with van der Waals surface area (Å²) in [5.74, 6) is 1.37. The van der Waals surface area contributed by atoms with Gasteiger partial charge in [0, 0.05) is 18.0 Å².